The van der Waals surface area contributed by atoms with Gasteiger partial charge in [0.15, 0.2) is 0 Å². The highest BCUT2D eigenvalue weighted by molar-refractivity contribution is 7.93. The fourth-order valence-electron chi connectivity index (χ4n) is 5.31. The number of nitrogens with one attached hydrogen (secondary N) is 1. The van der Waals surface area contributed by atoms with Crippen LogP contribution in [0, 0.1) is 12.7 Å². The summed E-state index contributed by atoms with van der Waals surface area (Å²) in [5, 5.41) is 1.92. The van der Waals surface area contributed by atoms with Crippen LogP contribution in [-0.4, -0.2) is 26.5 Å². The molecule has 2 heterocycles. The number of aromatic amines is 1. The van der Waals surface area contributed by atoms with Gasteiger partial charge in [0.25, 0.3) is 10.0 Å². The van der Waals surface area contributed by atoms with Gasteiger partial charge in [0.1, 0.15) is 10.8 Å². The van der Waals surface area contributed by atoms with Crippen molar-refractivity contribution < 1.29 is 35.5 Å². The highest BCUT2D eigenvalue weighted by Gasteiger charge is 2.36. The third-order valence-electron chi connectivity index (χ3n) is 7.54. The number of alkyl halides is 3. The minimum Gasteiger partial charge on any atom is -0.465 e. The first-order valence-electron chi connectivity index (χ1n) is 13.6. The topological polar surface area (TPSA) is 79.5 Å². The third kappa shape index (κ3) is 5.44. The van der Waals surface area contributed by atoms with Gasteiger partial charge < -0.3 is 9.72 Å². The van der Waals surface area contributed by atoms with Crippen LogP contribution in [0.5, 0.6) is 0 Å². The Hall–Kier alpha value is -4.68. The molecule has 6 aromatic rings. The monoisotopic (exact) mass is 652 g/mol. The quantitative estimate of drug-likeness (QED) is 0.138. The largest absolute Gasteiger partial charge is 0.465 e. The van der Waals surface area contributed by atoms with Crippen LogP contribution in [0.3, 0.4) is 0 Å². The van der Waals surface area contributed by atoms with Crippen molar-refractivity contribution in [2.75, 3.05) is 11.4 Å². The van der Waals surface area contributed by atoms with Crippen LogP contribution in [0.15, 0.2) is 95.9 Å². The fourth-order valence-corrected chi connectivity index (χ4v) is 8.19. The molecule has 0 spiro atoms. The maximum absolute atomic E-state index is 14.5. The van der Waals surface area contributed by atoms with E-state index in [4.69, 9.17) is 4.74 Å². The van der Waals surface area contributed by atoms with Crippen molar-refractivity contribution in [2.45, 2.75) is 24.5 Å². The summed E-state index contributed by atoms with van der Waals surface area (Å²) in [7, 11) is -3.28. The van der Waals surface area contributed by atoms with E-state index in [-0.39, 0.29) is 21.0 Å². The van der Waals surface area contributed by atoms with E-state index in [9.17, 15) is 30.8 Å². The van der Waals surface area contributed by atoms with Crippen molar-refractivity contribution >= 4 is 53.3 Å². The zero-order chi connectivity index (χ0) is 32.1. The predicted molar refractivity (Wildman–Crippen MR) is 166 cm³/mol. The van der Waals surface area contributed by atoms with Crippen molar-refractivity contribution in [2.24, 2.45) is 0 Å². The van der Waals surface area contributed by atoms with Crippen LogP contribution >= 0.6 is 11.3 Å². The van der Waals surface area contributed by atoms with Crippen LogP contribution in [0.25, 0.3) is 32.2 Å². The molecule has 0 bridgehead atoms. The van der Waals surface area contributed by atoms with E-state index >= 15 is 0 Å². The lowest BCUT2D eigenvalue weighted by atomic mass is 10.0. The molecule has 0 atom stereocenters. The summed E-state index contributed by atoms with van der Waals surface area (Å²) in [6.45, 7) is 1.37. The summed E-state index contributed by atoms with van der Waals surface area (Å²) in [5.74, 6) is -2.13. The summed E-state index contributed by atoms with van der Waals surface area (Å²) < 4.78 is 90.7. The summed E-state index contributed by atoms with van der Waals surface area (Å²) in [4.78, 5) is 15.2. The number of methoxy groups -OCH3 is 1. The van der Waals surface area contributed by atoms with E-state index in [0.29, 0.717) is 23.4 Å². The van der Waals surface area contributed by atoms with E-state index in [0.717, 1.165) is 36.9 Å². The number of thiophene rings is 1. The lowest BCUT2D eigenvalue weighted by molar-refractivity contribution is -0.140. The Bertz CT molecular complexity index is 2190. The Balaban J connectivity index is 1.60. The van der Waals surface area contributed by atoms with Crippen molar-refractivity contribution in [1.29, 1.82) is 0 Å². The van der Waals surface area contributed by atoms with E-state index < -0.39 is 40.1 Å². The molecular weight excluding hydrogens is 628 g/mol. The zero-order valence-corrected chi connectivity index (χ0v) is 25.4. The standard InChI is InChI=1S/C33H24F4N2O4S2/c1-19-23-7-3-5-9-27(23)38-30(19)29-24-8-4-6-10-28(24)44-31(29)39(18-20-11-16-26(34)25(17-20)33(35,36)37)45(41,42)22-14-12-21(13-15-22)32(40)43-2/h3-17,38H,18H2,1-2H3. The number of para-hydroxylation sites is 1. The number of halogens is 4. The number of carbonyl (C=O) groups excluding carboxylic acids is 1. The van der Waals surface area contributed by atoms with Crippen LogP contribution in [0.4, 0.5) is 22.6 Å². The van der Waals surface area contributed by atoms with Gasteiger partial charge in [-0.2, -0.15) is 13.2 Å². The first kappa shape index (κ1) is 30.4. The number of aryl methyl sites for hydroxylation is 1. The van der Waals surface area contributed by atoms with Gasteiger partial charge in [0.05, 0.1) is 35.4 Å². The molecule has 0 aliphatic rings. The van der Waals surface area contributed by atoms with Gasteiger partial charge in [0, 0.05) is 26.6 Å². The molecule has 0 radical (unpaired) electrons. The second-order valence-corrected chi connectivity index (χ2v) is 13.2. The van der Waals surface area contributed by atoms with Crippen molar-refractivity contribution in [3.63, 3.8) is 0 Å². The van der Waals surface area contributed by atoms with Crippen molar-refractivity contribution in [1.82, 2.24) is 4.98 Å². The van der Waals surface area contributed by atoms with Gasteiger partial charge in [-0.3, -0.25) is 4.31 Å². The second kappa shape index (κ2) is 11.4. The Kier molecular flexibility index (Phi) is 7.66. The minimum absolute atomic E-state index is 0.0738. The van der Waals surface area contributed by atoms with E-state index in [1.54, 1.807) is 0 Å². The molecule has 0 saturated heterocycles. The number of carbonyl (C=O) groups is 1. The van der Waals surface area contributed by atoms with E-state index in [2.05, 4.69) is 4.98 Å². The first-order valence-corrected chi connectivity index (χ1v) is 15.8. The molecule has 0 amide bonds. The Morgan fingerprint density at radius 3 is 2.27 bits per heavy atom. The molecule has 0 aliphatic carbocycles. The van der Waals surface area contributed by atoms with Gasteiger partial charge in [-0.25, -0.2) is 17.6 Å². The second-order valence-electron chi connectivity index (χ2n) is 10.3. The number of benzene rings is 4. The van der Waals surface area contributed by atoms with Crippen LogP contribution in [0.2, 0.25) is 0 Å². The molecule has 0 fully saturated rings. The van der Waals surface area contributed by atoms with E-state index in [1.807, 2.05) is 55.5 Å². The number of rotatable bonds is 7. The Morgan fingerprint density at radius 2 is 1.60 bits per heavy atom. The van der Waals surface area contributed by atoms with Gasteiger partial charge >= 0.3 is 12.1 Å². The molecule has 12 heteroatoms. The van der Waals surface area contributed by atoms with Gasteiger partial charge in [0.2, 0.25) is 0 Å². The van der Waals surface area contributed by atoms with Crippen molar-refractivity contribution in [3.05, 3.63) is 119 Å². The number of anilines is 1. The normalized spacial score (nSPS) is 12.1. The molecule has 1 N–H and O–H groups in total. The summed E-state index contributed by atoms with van der Waals surface area (Å²) in [6, 6.07) is 22.4. The number of aromatic nitrogens is 1. The minimum atomic E-state index is -4.99. The molecule has 4 aromatic carbocycles. The SMILES string of the molecule is COC(=O)c1ccc(S(=O)(=O)N(Cc2ccc(F)c(C(F)(F)F)c2)c2sc3ccccc3c2-c2[nH]c3ccccc3c2C)cc1. The number of hydrogen-bond donors (Lipinski definition) is 1. The van der Waals surface area contributed by atoms with Gasteiger partial charge in [-0.1, -0.05) is 42.5 Å². The van der Waals surface area contributed by atoms with Crippen molar-refractivity contribution in [3.8, 4) is 11.3 Å². The molecule has 6 rings (SSSR count). The number of nitrogens with zero attached hydrogens (tertiary/aromatic N) is 1. The lowest BCUT2D eigenvalue weighted by Crippen LogP contribution is -2.30. The first-order chi connectivity index (χ1) is 21.4. The number of hydrogen-bond acceptors (Lipinski definition) is 5. The number of ether oxygens (including phenoxy) is 1. The van der Waals surface area contributed by atoms with Crippen LogP contribution in [-0.2, 0) is 27.5 Å². The van der Waals surface area contributed by atoms with E-state index in [1.165, 1.54) is 42.7 Å². The molecular formula is C33H24F4N2O4S2. The number of esters is 1. The van der Waals surface area contributed by atoms with Crippen LogP contribution in [0.1, 0.15) is 27.0 Å². The highest BCUT2D eigenvalue weighted by atomic mass is 32.2. The molecule has 0 unspecified atom stereocenters. The fraction of sp³-hybridized carbons (Fsp3) is 0.121. The zero-order valence-electron chi connectivity index (χ0n) is 23.8. The molecule has 6 nitrogen and oxygen atoms in total. The maximum Gasteiger partial charge on any atom is 0.419 e. The van der Waals surface area contributed by atoms with Gasteiger partial charge in [-0.15, -0.1) is 11.3 Å². The smallest absolute Gasteiger partial charge is 0.419 e. The molecule has 2 aromatic heterocycles. The average Bonchev–Trinajstić information content (AvgIpc) is 3.56. The lowest BCUT2D eigenvalue weighted by Gasteiger charge is -2.25. The van der Waals surface area contributed by atoms with Gasteiger partial charge in [-0.05, 0) is 66.6 Å². The average molecular weight is 653 g/mol. The maximum atomic E-state index is 14.5. The molecule has 0 saturated carbocycles. The predicted octanol–water partition coefficient (Wildman–Crippen LogP) is 8.70. The highest BCUT2D eigenvalue weighted by Crippen LogP contribution is 2.48. The number of sulfonamides is 1. The molecule has 45 heavy (non-hydrogen) atoms. The summed E-state index contributed by atoms with van der Waals surface area (Å²) >= 11 is 1.17. The Morgan fingerprint density at radius 1 is 0.933 bits per heavy atom. The Labute approximate surface area is 259 Å². The molecule has 230 valence electrons. The number of fused-ring (bicyclic) bond motifs is 2. The summed E-state index contributed by atoms with van der Waals surface area (Å²) in [5.41, 5.74) is 1.44. The van der Waals surface area contributed by atoms with Crippen LogP contribution < -0.4 is 4.31 Å². The summed E-state index contributed by atoms with van der Waals surface area (Å²) in [6.07, 6.45) is -4.99. The number of H-pyrrole nitrogens is 1. The third-order valence-corrected chi connectivity index (χ3v) is 10.6. The molecule has 0 aliphatic heterocycles.